The lowest BCUT2D eigenvalue weighted by Gasteiger charge is -2.21. The Labute approximate surface area is 131 Å². The minimum absolute atomic E-state index is 0.107. The van der Waals surface area contributed by atoms with Crippen molar-refractivity contribution in [2.24, 2.45) is 10.9 Å². The Morgan fingerprint density at radius 1 is 1.43 bits per heavy atom. The fraction of sp³-hybridized carbons (Fsp3) is 0.562. The van der Waals surface area contributed by atoms with Gasteiger partial charge in [0.25, 0.3) is 0 Å². The zero-order chi connectivity index (χ0) is 14.9. The number of aliphatic hydroxyl groups excluding tert-OH is 1. The van der Waals surface area contributed by atoms with E-state index in [1.807, 2.05) is 11.8 Å². The summed E-state index contributed by atoms with van der Waals surface area (Å²) in [5, 5.41) is 12.2. The highest BCUT2D eigenvalue weighted by Crippen LogP contribution is 2.25. The average molecular weight is 307 g/mol. The van der Waals surface area contributed by atoms with Crippen LogP contribution in [0.3, 0.4) is 0 Å². The molecule has 0 spiro atoms. The third kappa shape index (κ3) is 5.25. The molecule has 0 amide bonds. The molecular weight excluding hydrogens is 282 g/mol. The van der Waals surface area contributed by atoms with Crippen LogP contribution in [0.1, 0.15) is 13.3 Å². The zero-order valence-electron chi connectivity index (χ0n) is 12.7. The summed E-state index contributed by atoms with van der Waals surface area (Å²) < 4.78 is 0. The number of nitrogens with zero attached hydrogens (tertiary/aromatic N) is 2. The van der Waals surface area contributed by atoms with E-state index in [4.69, 9.17) is 5.11 Å². The molecule has 1 atom stereocenters. The molecule has 21 heavy (non-hydrogen) atoms. The number of aliphatic imine (C=N–C) groups is 1. The Kier molecular flexibility index (Phi) is 6.89. The summed E-state index contributed by atoms with van der Waals surface area (Å²) in [6.07, 6.45) is 1.21. The number of hydrogen-bond acceptors (Lipinski definition) is 3. The lowest BCUT2D eigenvalue weighted by molar-refractivity contribution is 0.305. The van der Waals surface area contributed by atoms with Crippen LogP contribution in [0.4, 0.5) is 0 Å². The maximum Gasteiger partial charge on any atom is 0.194 e. The molecule has 0 aromatic heterocycles. The molecule has 4 nitrogen and oxygen atoms in total. The normalized spacial score (nSPS) is 19.0. The van der Waals surface area contributed by atoms with Crippen molar-refractivity contribution in [3.05, 3.63) is 30.3 Å². The van der Waals surface area contributed by atoms with Crippen molar-refractivity contribution in [1.29, 1.82) is 0 Å². The molecule has 1 saturated heterocycles. The van der Waals surface area contributed by atoms with Crippen molar-refractivity contribution in [3.8, 4) is 0 Å². The van der Waals surface area contributed by atoms with Crippen molar-refractivity contribution in [2.45, 2.75) is 18.2 Å². The van der Waals surface area contributed by atoms with Crippen LogP contribution in [0, 0.1) is 5.92 Å². The van der Waals surface area contributed by atoms with Gasteiger partial charge in [0.05, 0.1) is 13.2 Å². The van der Waals surface area contributed by atoms with Crippen molar-refractivity contribution in [3.63, 3.8) is 0 Å². The van der Waals surface area contributed by atoms with Crippen LogP contribution >= 0.6 is 11.8 Å². The number of nitrogens with one attached hydrogen (secondary N) is 1. The van der Waals surface area contributed by atoms with Gasteiger partial charge in [-0.3, -0.25) is 4.99 Å². The van der Waals surface area contributed by atoms with E-state index in [1.165, 1.54) is 11.3 Å². The van der Waals surface area contributed by atoms with Crippen LogP contribution in [0.5, 0.6) is 0 Å². The second-order valence-corrected chi connectivity index (χ2v) is 6.28. The maximum atomic E-state index is 8.93. The average Bonchev–Trinajstić information content (AvgIpc) is 2.99. The first-order chi connectivity index (χ1) is 10.3. The molecule has 1 aliphatic heterocycles. The summed E-state index contributed by atoms with van der Waals surface area (Å²) in [5.41, 5.74) is 0. The predicted octanol–water partition coefficient (Wildman–Crippen LogP) is 2.06. The molecule has 2 N–H and O–H groups in total. The molecule has 1 heterocycles. The van der Waals surface area contributed by atoms with E-state index in [2.05, 4.69) is 52.5 Å². The van der Waals surface area contributed by atoms with Crippen LogP contribution in [-0.4, -0.2) is 54.5 Å². The molecule has 0 aliphatic carbocycles. The molecule has 1 aliphatic rings. The minimum atomic E-state index is 0.107. The molecule has 116 valence electrons. The van der Waals surface area contributed by atoms with Gasteiger partial charge in [-0.1, -0.05) is 18.2 Å². The van der Waals surface area contributed by atoms with Crippen molar-refractivity contribution in [2.75, 3.05) is 38.5 Å². The van der Waals surface area contributed by atoms with E-state index >= 15 is 0 Å². The SMILES string of the molecule is CCNC(=NCCO)N1CCC(CSc2ccccc2)C1. The number of hydrogen-bond donors (Lipinski definition) is 2. The molecule has 0 saturated carbocycles. The molecule has 5 heteroatoms. The largest absolute Gasteiger partial charge is 0.394 e. The van der Waals surface area contributed by atoms with Gasteiger partial charge in [0, 0.05) is 30.3 Å². The van der Waals surface area contributed by atoms with Gasteiger partial charge in [0.15, 0.2) is 5.96 Å². The maximum absolute atomic E-state index is 8.93. The topological polar surface area (TPSA) is 47.9 Å². The van der Waals surface area contributed by atoms with Gasteiger partial charge in [-0.2, -0.15) is 0 Å². The molecule has 0 bridgehead atoms. The summed E-state index contributed by atoms with van der Waals surface area (Å²) in [5.74, 6) is 2.80. The summed E-state index contributed by atoms with van der Waals surface area (Å²) in [7, 11) is 0. The lowest BCUT2D eigenvalue weighted by Crippen LogP contribution is -2.40. The van der Waals surface area contributed by atoms with Gasteiger partial charge in [0.2, 0.25) is 0 Å². The van der Waals surface area contributed by atoms with Crippen LogP contribution in [0.15, 0.2) is 40.2 Å². The number of guanidine groups is 1. The van der Waals surface area contributed by atoms with Gasteiger partial charge in [-0.15, -0.1) is 11.8 Å². The van der Waals surface area contributed by atoms with E-state index in [0.717, 1.165) is 31.3 Å². The molecule has 1 unspecified atom stereocenters. The summed E-state index contributed by atoms with van der Waals surface area (Å²) in [6.45, 7) is 5.63. The van der Waals surface area contributed by atoms with Crippen molar-refractivity contribution < 1.29 is 5.11 Å². The smallest absolute Gasteiger partial charge is 0.194 e. The first kappa shape index (κ1) is 16.2. The Hall–Kier alpha value is -1.20. The van der Waals surface area contributed by atoms with Gasteiger partial charge in [0.1, 0.15) is 0 Å². The van der Waals surface area contributed by atoms with E-state index < -0.39 is 0 Å². The first-order valence-electron chi connectivity index (χ1n) is 7.65. The van der Waals surface area contributed by atoms with E-state index in [0.29, 0.717) is 12.5 Å². The monoisotopic (exact) mass is 307 g/mol. The van der Waals surface area contributed by atoms with Gasteiger partial charge in [-0.25, -0.2) is 0 Å². The Balaban J connectivity index is 1.81. The van der Waals surface area contributed by atoms with E-state index in [9.17, 15) is 0 Å². The minimum Gasteiger partial charge on any atom is -0.394 e. The zero-order valence-corrected chi connectivity index (χ0v) is 13.5. The Morgan fingerprint density at radius 3 is 2.95 bits per heavy atom. The number of likely N-dealkylation sites (tertiary alicyclic amines) is 1. The van der Waals surface area contributed by atoms with Crippen LogP contribution in [-0.2, 0) is 0 Å². The van der Waals surface area contributed by atoms with Crippen LogP contribution in [0.2, 0.25) is 0 Å². The number of thioether (sulfide) groups is 1. The van der Waals surface area contributed by atoms with Crippen molar-refractivity contribution >= 4 is 17.7 Å². The Bertz CT molecular complexity index is 438. The number of aliphatic hydroxyl groups is 1. The summed E-state index contributed by atoms with van der Waals surface area (Å²) in [4.78, 5) is 8.10. The van der Waals surface area contributed by atoms with Crippen LogP contribution in [0.25, 0.3) is 0 Å². The lowest BCUT2D eigenvalue weighted by atomic mass is 10.2. The summed E-state index contributed by atoms with van der Waals surface area (Å²) in [6, 6.07) is 10.6. The highest BCUT2D eigenvalue weighted by molar-refractivity contribution is 7.99. The highest BCUT2D eigenvalue weighted by Gasteiger charge is 2.24. The third-order valence-electron chi connectivity index (χ3n) is 3.51. The molecule has 1 aromatic carbocycles. The molecule has 1 fully saturated rings. The molecule has 1 aromatic rings. The van der Waals surface area contributed by atoms with E-state index in [1.54, 1.807) is 0 Å². The van der Waals surface area contributed by atoms with Gasteiger partial charge >= 0.3 is 0 Å². The number of benzene rings is 1. The van der Waals surface area contributed by atoms with Gasteiger partial charge < -0.3 is 15.3 Å². The second kappa shape index (κ2) is 8.95. The predicted molar refractivity (Wildman–Crippen MR) is 89.9 cm³/mol. The van der Waals surface area contributed by atoms with Gasteiger partial charge in [-0.05, 0) is 31.4 Å². The highest BCUT2D eigenvalue weighted by atomic mass is 32.2. The van der Waals surface area contributed by atoms with Crippen LogP contribution < -0.4 is 5.32 Å². The third-order valence-corrected chi connectivity index (χ3v) is 4.75. The number of rotatable bonds is 6. The standard InChI is InChI=1S/C16H25N3OS/c1-2-17-16(18-9-11-20)19-10-8-14(12-19)13-21-15-6-4-3-5-7-15/h3-7,14,20H,2,8-13H2,1H3,(H,17,18). The fourth-order valence-corrected chi connectivity index (χ4v) is 3.52. The second-order valence-electron chi connectivity index (χ2n) is 5.18. The van der Waals surface area contributed by atoms with E-state index in [-0.39, 0.29) is 6.61 Å². The molecule has 0 radical (unpaired) electrons. The summed E-state index contributed by atoms with van der Waals surface area (Å²) >= 11 is 1.94. The molecule has 2 rings (SSSR count). The van der Waals surface area contributed by atoms with Crippen molar-refractivity contribution in [1.82, 2.24) is 10.2 Å². The first-order valence-corrected chi connectivity index (χ1v) is 8.64. The Morgan fingerprint density at radius 2 is 2.24 bits per heavy atom. The fourth-order valence-electron chi connectivity index (χ4n) is 2.47. The quantitative estimate of drug-likeness (QED) is 0.480. The molecular formula is C16H25N3OS.